The van der Waals surface area contributed by atoms with Crippen molar-refractivity contribution in [2.24, 2.45) is 22.2 Å². The number of fused-ring (bicyclic) bond motifs is 7. The van der Waals surface area contributed by atoms with Gasteiger partial charge in [-0.25, -0.2) is 6.08 Å². The van der Waals surface area contributed by atoms with Crippen molar-refractivity contribution in [3.8, 4) is 0 Å². The fraction of sp³-hybridized carbons (Fsp3) is 0.571. The van der Waals surface area contributed by atoms with Crippen LogP contribution in [0.5, 0.6) is 0 Å². The molecule has 6 rings (SSSR count). The van der Waals surface area contributed by atoms with Crippen LogP contribution in [-0.4, -0.2) is 3.21 Å². The standard InChI is InChI=1S/C29H37.C10H15.C3H6.Zr/c1-26(2)11-9-18-15-20-23(21(18)16-26)22-17-27(3,4)12-10-19(22)24-25(20)29(7,8)14-13-28(24,5)6;1-8-5-6-9(7-8)10(2,3)4;1-3-2;/h9-12,14H,13,15-17H2,1-8H3;6-8H,1-4H3;1-2H3;/q2*-1;;+2. The van der Waals surface area contributed by atoms with Gasteiger partial charge in [-0.1, -0.05) is 124 Å². The summed E-state index contributed by atoms with van der Waals surface area (Å²) in [5, 5.41) is 0. The van der Waals surface area contributed by atoms with Crippen LogP contribution < -0.4 is 0 Å². The maximum atomic E-state index is 3.26. The van der Waals surface area contributed by atoms with Gasteiger partial charge in [0.1, 0.15) is 0 Å². The summed E-state index contributed by atoms with van der Waals surface area (Å²) in [6, 6.07) is 0. The van der Waals surface area contributed by atoms with Gasteiger partial charge in [0.05, 0.1) is 0 Å². The summed E-state index contributed by atoms with van der Waals surface area (Å²) in [7, 11) is 0. The van der Waals surface area contributed by atoms with Crippen LogP contribution in [0.2, 0.25) is 0 Å². The molecule has 0 fully saturated rings. The van der Waals surface area contributed by atoms with E-state index in [1.165, 1.54) is 15.2 Å². The van der Waals surface area contributed by atoms with E-state index in [0.717, 1.165) is 19.3 Å². The van der Waals surface area contributed by atoms with Crippen LogP contribution in [0.15, 0.2) is 41.5 Å². The summed E-state index contributed by atoms with van der Waals surface area (Å²) in [6.45, 7) is 32.5. The van der Waals surface area contributed by atoms with Gasteiger partial charge in [-0.3, -0.25) is 6.08 Å². The second kappa shape index (κ2) is 11.8. The van der Waals surface area contributed by atoms with Crippen LogP contribution in [0.3, 0.4) is 0 Å². The Morgan fingerprint density at radius 3 is 2.00 bits per heavy atom. The molecule has 43 heavy (non-hydrogen) atoms. The summed E-state index contributed by atoms with van der Waals surface area (Å²) in [6.07, 6.45) is 24.7. The molecule has 0 heterocycles. The van der Waals surface area contributed by atoms with Gasteiger partial charge >= 0.3 is 41.3 Å². The van der Waals surface area contributed by atoms with E-state index in [2.05, 4.69) is 146 Å². The molecule has 0 saturated heterocycles. The predicted octanol–water partition coefficient (Wildman–Crippen LogP) is 11.5. The van der Waals surface area contributed by atoms with Gasteiger partial charge in [0, 0.05) is 0 Å². The molecule has 0 spiro atoms. The van der Waals surface area contributed by atoms with Gasteiger partial charge in [-0.15, -0.1) is 5.41 Å². The Kier molecular flexibility index (Phi) is 9.48. The molecule has 0 N–H and O–H groups in total. The maximum absolute atomic E-state index is 3.26. The van der Waals surface area contributed by atoms with Crippen LogP contribution in [-0.2, 0) is 47.9 Å². The normalized spacial score (nSPS) is 24.5. The molecule has 0 amide bonds. The van der Waals surface area contributed by atoms with Gasteiger partial charge in [0.15, 0.2) is 0 Å². The monoisotopic (exact) mass is 652 g/mol. The zero-order valence-electron chi connectivity index (χ0n) is 29.9. The van der Waals surface area contributed by atoms with Crippen LogP contribution in [0.25, 0.3) is 11.6 Å². The zero-order chi connectivity index (χ0) is 32.3. The fourth-order valence-corrected chi connectivity index (χ4v) is 7.45. The van der Waals surface area contributed by atoms with Crippen molar-refractivity contribution in [1.82, 2.24) is 0 Å². The van der Waals surface area contributed by atoms with E-state index < -0.39 is 0 Å². The summed E-state index contributed by atoms with van der Waals surface area (Å²) >= 11 is 1.55. The van der Waals surface area contributed by atoms with Crippen LogP contribution >= 0.6 is 0 Å². The van der Waals surface area contributed by atoms with Gasteiger partial charge in [-0.2, -0.15) is 18.1 Å². The third-order valence-corrected chi connectivity index (χ3v) is 9.75. The van der Waals surface area contributed by atoms with E-state index in [-0.39, 0.29) is 21.7 Å². The molecule has 0 aliphatic heterocycles. The Hall–Kier alpha value is -1.33. The zero-order valence-corrected chi connectivity index (χ0v) is 32.4. The van der Waals surface area contributed by atoms with Gasteiger partial charge < -0.3 is 6.42 Å². The van der Waals surface area contributed by atoms with E-state index in [1.807, 2.05) is 0 Å². The predicted molar refractivity (Wildman–Crippen MR) is 187 cm³/mol. The average molecular weight is 654 g/mol. The van der Waals surface area contributed by atoms with Crippen molar-refractivity contribution >= 4 is 14.9 Å². The molecular weight excluding hydrogens is 596 g/mol. The van der Waals surface area contributed by atoms with Gasteiger partial charge in [-0.05, 0) is 74.5 Å². The van der Waals surface area contributed by atoms with Crippen LogP contribution in [0, 0.1) is 34.7 Å². The molecule has 1 heteroatoms. The van der Waals surface area contributed by atoms with E-state index >= 15 is 0 Å². The topological polar surface area (TPSA) is 0 Å². The number of rotatable bonds is 0. The SMILES string of the molecule is CC1(C)C=CC2=C(C1)c1c3c(c4c(c1C2)C(C)(C)[CH-]CC4(C)C)C=CC(C)(C)C3.CC1[C-]=CC(C(C)(C)C)=C1.C[C](C)=[Zr+2]. The third kappa shape index (κ3) is 7.40. The molecule has 1 atom stereocenters. The molecule has 1 unspecified atom stereocenters. The molecule has 0 nitrogen and oxygen atoms in total. The number of allylic oxidation sites excluding steroid dienone is 9. The third-order valence-electron chi connectivity index (χ3n) is 9.75. The van der Waals surface area contributed by atoms with Crippen LogP contribution in [0.4, 0.5) is 0 Å². The molecule has 5 aliphatic carbocycles. The minimum atomic E-state index is 0.138. The molecule has 0 bridgehead atoms. The Bertz CT molecular complexity index is 1440. The number of hydrogen-bond acceptors (Lipinski definition) is 0. The number of benzene rings is 1. The van der Waals surface area contributed by atoms with Gasteiger partial charge in [0.2, 0.25) is 0 Å². The Morgan fingerprint density at radius 2 is 1.47 bits per heavy atom. The van der Waals surface area contributed by atoms with Crippen molar-refractivity contribution < 1.29 is 24.2 Å². The van der Waals surface area contributed by atoms with Crippen molar-refractivity contribution in [1.29, 1.82) is 0 Å². The van der Waals surface area contributed by atoms with Crippen molar-refractivity contribution in [3.63, 3.8) is 0 Å². The minimum absolute atomic E-state index is 0.138. The second-order valence-corrected chi connectivity index (χ2v) is 20.1. The molecule has 0 radical (unpaired) electrons. The van der Waals surface area contributed by atoms with E-state index in [9.17, 15) is 0 Å². The average Bonchev–Trinajstić information content (AvgIpc) is 3.44. The molecule has 1 aromatic rings. The number of hydrogen-bond donors (Lipinski definition) is 0. The molecule has 0 saturated carbocycles. The first-order valence-corrected chi connectivity index (χ1v) is 17.8. The summed E-state index contributed by atoms with van der Waals surface area (Å²) in [5.41, 5.74) is 15.6. The Labute approximate surface area is 280 Å². The van der Waals surface area contributed by atoms with Crippen LogP contribution in [0.1, 0.15) is 143 Å². The van der Waals surface area contributed by atoms with Crippen molar-refractivity contribution in [3.05, 3.63) is 87.4 Å². The summed E-state index contributed by atoms with van der Waals surface area (Å²) in [5.74, 6) is 0.522. The second-order valence-electron chi connectivity index (χ2n) is 17.7. The molecule has 0 aromatic heterocycles. The molecule has 230 valence electrons. The first-order valence-electron chi connectivity index (χ1n) is 16.6. The van der Waals surface area contributed by atoms with E-state index in [1.54, 1.807) is 68.8 Å². The van der Waals surface area contributed by atoms with E-state index in [4.69, 9.17) is 0 Å². The van der Waals surface area contributed by atoms with Gasteiger partial charge in [0.25, 0.3) is 0 Å². The first-order chi connectivity index (χ1) is 19.5. The fourth-order valence-electron chi connectivity index (χ4n) is 7.45. The molecule has 1 aromatic carbocycles. The van der Waals surface area contributed by atoms with E-state index in [0.29, 0.717) is 11.3 Å². The molecule has 5 aliphatic rings. The van der Waals surface area contributed by atoms with Crippen molar-refractivity contribution in [2.75, 3.05) is 0 Å². The quantitative estimate of drug-likeness (QED) is 0.244. The summed E-state index contributed by atoms with van der Waals surface area (Å²) in [4.78, 5) is 0. The molecular formula is C42H58Zr. The summed E-state index contributed by atoms with van der Waals surface area (Å²) < 4.78 is 1.51. The Balaban J connectivity index is 0.000000252. The Morgan fingerprint density at radius 1 is 0.884 bits per heavy atom. The first kappa shape index (κ1) is 34.5. The van der Waals surface area contributed by atoms with Crippen molar-refractivity contribution in [2.45, 2.75) is 133 Å².